The van der Waals surface area contributed by atoms with Gasteiger partial charge in [-0.25, -0.2) is 0 Å². The Balaban J connectivity index is 0.948. The zero-order chi connectivity index (χ0) is 54.8. The highest BCUT2D eigenvalue weighted by molar-refractivity contribution is 6.30. The minimum absolute atomic E-state index is 0.528. The van der Waals surface area contributed by atoms with Gasteiger partial charge < -0.3 is 0 Å². The van der Waals surface area contributed by atoms with Crippen LogP contribution in [0, 0.1) is 27.7 Å². The number of rotatable bonds is 7. The van der Waals surface area contributed by atoms with Crippen LogP contribution in [0.2, 0.25) is 0 Å². The Kier molecular flexibility index (Phi) is 10.7. The zero-order valence-corrected chi connectivity index (χ0v) is 46.6. The molecule has 0 aromatic heterocycles. The van der Waals surface area contributed by atoms with Gasteiger partial charge in [0.05, 0.1) is 10.8 Å². The molecule has 0 N–H and O–H groups in total. The zero-order valence-electron chi connectivity index (χ0n) is 46.6. The molecule has 0 aliphatic heterocycles. The summed E-state index contributed by atoms with van der Waals surface area (Å²) in [6.07, 6.45) is 0. The van der Waals surface area contributed by atoms with Gasteiger partial charge in [0.15, 0.2) is 0 Å². The molecule has 0 nitrogen and oxygen atoms in total. The quantitative estimate of drug-likeness (QED) is 0.140. The van der Waals surface area contributed by atoms with Crippen LogP contribution in [0.4, 0.5) is 0 Å². The summed E-state index contributed by atoms with van der Waals surface area (Å²) < 4.78 is 0. The lowest BCUT2D eigenvalue weighted by molar-refractivity contribution is 0.768. The smallest absolute Gasteiger partial charge is 0.0619 e. The molecular weight excluding hydrogens is 985 g/mol. The van der Waals surface area contributed by atoms with Crippen LogP contribution in [0.5, 0.6) is 0 Å². The van der Waals surface area contributed by atoms with Crippen molar-refractivity contribution in [1.29, 1.82) is 0 Å². The Bertz CT molecular complexity index is 4400. The third-order valence-electron chi connectivity index (χ3n) is 18.7. The van der Waals surface area contributed by atoms with Crippen LogP contribution < -0.4 is 0 Å². The van der Waals surface area contributed by atoms with E-state index in [4.69, 9.17) is 0 Å². The van der Waals surface area contributed by atoms with Gasteiger partial charge in [0, 0.05) is 0 Å². The van der Waals surface area contributed by atoms with Crippen molar-refractivity contribution in [3.63, 3.8) is 0 Å². The van der Waals surface area contributed by atoms with Crippen LogP contribution in [-0.4, -0.2) is 0 Å². The maximum Gasteiger partial charge on any atom is 0.0713 e. The standard InChI is InChI=1S/C82H58/c1-51-29-39-57(40-30-51)81(58-41-31-52(2)32-42-58)73-27-15-13-17-61(73)63-47-37-55(49-75(63)81)77-65-19-5-9-23-69(65)79(70-24-10-6-20-66(70)77)80-71-25-11-7-21-67(71)78(68-22-8-12-26-72(68)80)56-38-48-64-62-18-14-16-28-74(62)82(76(64)50-56,59-43-33-53(3)34-44-59)60-45-35-54(4)36-46-60/h5-50H,1-4H3. The number of hydrogen-bond acceptors (Lipinski definition) is 0. The van der Waals surface area contributed by atoms with Gasteiger partial charge in [-0.05, 0) is 183 Å². The molecule has 0 amide bonds. The molecule has 386 valence electrons. The van der Waals surface area contributed by atoms with E-state index < -0.39 is 10.8 Å². The normalized spacial score (nSPS) is 13.6. The van der Waals surface area contributed by atoms with Crippen molar-refractivity contribution in [2.75, 3.05) is 0 Å². The highest BCUT2D eigenvalue weighted by atomic mass is 14.5. The fraction of sp³-hybridized carbons (Fsp3) is 0.0732. The number of aryl methyl sites for hydroxylation is 4. The van der Waals surface area contributed by atoms with Crippen LogP contribution in [0.25, 0.3) is 98.7 Å². The molecule has 0 bridgehead atoms. The molecule has 14 aromatic rings. The second-order valence-electron chi connectivity index (χ2n) is 23.3. The molecule has 0 spiro atoms. The molecule has 2 aliphatic carbocycles. The number of benzene rings is 14. The van der Waals surface area contributed by atoms with Gasteiger partial charge in [-0.2, -0.15) is 0 Å². The fourth-order valence-corrected chi connectivity index (χ4v) is 15.1. The van der Waals surface area contributed by atoms with Crippen LogP contribution in [-0.2, 0) is 10.8 Å². The molecule has 0 atom stereocenters. The van der Waals surface area contributed by atoms with Crippen molar-refractivity contribution in [2.24, 2.45) is 0 Å². The summed E-state index contributed by atoms with van der Waals surface area (Å²) in [4.78, 5) is 0. The molecule has 0 saturated carbocycles. The van der Waals surface area contributed by atoms with E-state index in [0.29, 0.717) is 0 Å². The van der Waals surface area contributed by atoms with E-state index in [1.54, 1.807) is 0 Å². The van der Waals surface area contributed by atoms with E-state index in [1.165, 1.54) is 165 Å². The lowest BCUT2D eigenvalue weighted by Gasteiger charge is -2.34. The molecule has 0 radical (unpaired) electrons. The first-order valence-electron chi connectivity index (χ1n) is 29.0. The van der Waals surface area contributed by atoms with Gasteiger partial charge in [0.25, 0.3) is 0 Å². The maximum absolute atomic E-state index is 2.55. The molecular formula is C82H58. The Morgan fingerprint density at radius 1 is 0.195 bits per heavy atom. The summed E-state index contributed by atoms with van der Waals surface area (Å²) in [6.45, 7) is 8.75. The van der Waals surface area contributed by atoms with Gasteiger partial charge in [0.2, 0.25) is 0 Å². The second kappa shape index (κ2) is 18.3. The van der Waals surface area contributed by atoms with Crippen molar-refractivity contribution >= 4 is 43.1 Å². The van der Waals surface area contributed by atoms with E-state index in [-0.39, 0.29) is 0 Å². The van der Waals surface area contributed by atoms with Gasteiger partial charge in [-0.3, -0.25) is 0 Å². The molecule has 0 saturated heterocycles. The van der Waals surface area contributed by atoms with Crippen molar-refractivity contribution in [1.82, 2.24) is 0 Å². The average Bonchev–Trinajstić information content (AvgIpc) is 2.33. The van der Waals surface area contributed by atoms with Crippen molar-refractivity contribution in [2.45, 2.75) is 38.5 Å². The van der Waals surface area contributed by atoms with Gasteiger partial charge in [-0.1, -0.05) is 289 Å². The van der Waals surface area contributed by atoms with Gasteiger partial charge in [0.1, 0.15) is 0 Å². The minimum atomic E-state index is -0.528. The SMILES string of the molecule is Cc1ccc(C2(c3ccc(C)cc3)c3ccccc3-c3ccc(-c4c5ccccc5c(-c5c6ccccc6c(-c6ccc7c(c6)C(c6ccc(C)cc6)(c6ccc(C)cc6)c6ccccc6-7)c6ccccc56)c5ccccc45)cc32)cc1. The largest absolute Gasteiger partial charge is 0.0713 e. The molecule has 0 heteroatoms. The first-order valence-corrected chi connectivity index (χ1v) is 29.0. The lowest BCUT2D eigenvalue weighted by atomic mass is 9.67. The second-order valence-corrected chi connectivity index (χ2v) is 23.3. The van der Waals surface area contributed by atoms with Crippen molar-refractivity contribution < 1.29 is 0 Å². The predicted octanol–water partition coefficient (Wildman–Crippen LogP) is 21.3. The maximum atomic E-state index is 2.55. The number of fused-ring (bicyclic) bond motifs is 10. The molecule has 16 rings (SSSR count). The molecule has 0 heterocycles. The third kappa shape index (κ3) is 6.79. The summed E-state index contributed by atoms with van der Waals surface area (Å²) in [5.41, 5.74) is 27.0. The summed E-state index contributed by atoms with van der Waals surface area (Å²) >= 11 is 0. The third-order valence-corrected chi connectivity index (χ3v) is 18.7. The summed E-state index contributed by atoms with van der Waals surface area (Å²) in [6, 6.07) is 107. The molecule has 0 fully saturated rings. The lowest BCUT2D eigenvalue weighted by Crippen LogP contribution is -2.28. The summed E-state index contributed by atoms with van der Waals surface area (Å²) in [7, 11) is 0. The Labute approximate surface area is 480 Å². The first-order chi connectivity index (χ1) is 40.3. The van der Waals surface area contributed by atoms with E-state index >= 15 is 0 Å². The Morgan fingerprint density at radius 3 is 0.707 bits per heavy atom. The van der Waals surface area contributed by atoms with Gasteiger partial charge in [-0.15, -0.1) is 0 Å². The van der Waals surface area contributed by atoms with E-state index in [9.17, 15) is 0 Å². The van der Waals surface area contributed by atoms with Crippen LogP contribution >= 0.6 is 0 Å². The molecule has 14 aromatic carbocycles. The highest BCUT2D eigenvalue weighted by Crippen LogP contribution is 2.60. The number of hydrogen-bond donors (Lipinski definition) is 0. The van der Waals surface area contributed by atoms with Crippen molar-refractivity contribution in [3.05, 3.63) is 346 Å². The van der Waals surface area contributed by atoms with Crippen LogP contribution in [0.1, 0.15) is 66.8 Å². The monoisotopic (exact) mass is 1040 g/mol. The minimum Gasteiger partial charge on any atom is -0.0619 e. The molecule has 2 aliphatic rings. The van der Waals surface area contributed by atoms with E-state index in [0.717, 1.165) is 0 Å². The molecule has 82 heavy (non-hydrogen) atoms. The average molecular weight is 1040 g/mol. The Morgan fingerprint density at radius 2 is 0.427 bits per heavy atom. The van der Waals surface area contributed by atoms with E-state index in [1.807, 2.05) is 0 Å². The van der Waals surface area contributed by atoms with Crippen molar-refractivity contribution in [3.8, 4) is 55.6 Å². The Hall–Kier alpha value is -9.88. The molecule has 0 unspecified atom stereocenters. The van der Waals surface area contributed by atoms with Crippen LogP contribution in [0.15, 0.2) is 279 Å². The van der Waals surface area contributed by atoms with E-state index in [2.05, 4.69) is 307 Å². The fourth-order valence-electron chi connectivity index (χ4n) is 15.1. The van der Waals surface area contributed by atoms with Crippen LogP contribution in [0.3, 0.4) is 0 Å². The predicted molar refractivity (Wildman–Crippen MR) is 346 cm³/mol. The summed E-state index contributed by atoms with van der Waals surface area (Å²) in [5, 5.41) is 9.91. The topological polar surface area (TPSA) is 0 Å². The first kappa shape index (κ1) is 48.1. The van der Waals surface area contributed by atoms with Gasteiger partial charge >= 0.3 is 0 Å². The summed E-state index contributed by atoms with van der Waals surface area (Å²) in [5.74, 6) is 0. The highest BCUT2D eigenvalue weighted by Gasteiger charge is 2.48.